The van der Waals surface area contributed by atoms with Crippen molar-refractivity contribution >= 4 is 15.9 Å². The average molecular weight is 384 g/mol. The fourth-order valence-corrected chi connectivity index (χ4v) is 4.15. The molecule has 0 radical (unpaired) electrons. The Hall–Kier alpha value is -1.48. The lowest BCUT2D eigenvalue weighted by Crippen LogP contribution is -2.44. The van der Waals surface area contributed by atoms with Crippen LogP contribution in [0.15, 0.2) is 23.1 Å². The first kappa shape index (κ1) is 20.8. The number of nitrogens with zero attached hydrogens (tertiary/aromatic N) is 2. The van der Waals surface area contributed by atoms with Crippen LogP contribution in [0, 0.1) is 6.92 Å². The smallest absolute Gasteiger partial charge is 0.254 e. The predicted molar refractivity (Wildman–Crippen MR) is 101 cm³/mol. The Kier molecular flexibility index (Phi) is 7.16. The molecule has 1 saturated heterocycles. The second kappa shape index (κ2) is 8.94. The molecule has 0 atom stereocenters. The van der Waals surface area contributed by atoms with Gasteiger partial charge in [0, 0.05) is 38.3 Å². The first-order valence-corrected chi connectivity index (χ1v) is 10.3. The van der Waals surface area contributed by atoms with E-state index >= 15 is 0 Å². The molecule has 1 aliphatic rings. The van der Waals surface area contributed by atoms with Crippen molar-refractivity contribution < 1.29 is 17.9 Å². The molecule has 7 nitrogen and oxygen atoms in total. The summed E-state index contributed by atoms with van der Waals surface area (Å²) in [5.41, 5.74) is 1.23. The molecular formula is C18H29N3O4S. The van der Waals surface area contributed by atoms with E-state index in [0.717, 1.165) is 18.4 Å². The zero-order valence-corrected chi connectivity index (χ0v) is 16.8. The van der Waals surface area contributed by atoms with Gasteiger partial charge in [0.05, 0.1) is 11.5 Å². The van der Waals surface area contributed by atoms with Gasteiger partial charge in [-0.15, -0.1) is 0 Å². The minimum absolute atomic E-state index is 0.103. The maximum absolute atomic E-state index is 12.9. The first-order chi connectivity index (χ1) is 12.3. The van der Waals surface area contributed by atoms with E-state index in [0.29, 0.717) is 24.7 Å². The van der Waals surface area contributed by atoms with Gasteiger partial charge in [0.1, 0.15) is 0 Å². The lowest BCUT2D eigenvalue weighted by molar-refractivity contribution is 0.0662. The Labute approximate surface area is 156 Å². The number of benzene rings is 1. The molecule has 0 bridgehead atoms. The molecule has 8 heteroatoms. The van der Waals surface area contributed by atoms with Gasteiger partial charge in [-0.25, -0.2) is 13.1 Å². The standard InChI is InChI=1S/C18H29N3O4S/c1-14-5-6-16(26(23,24)19-9-12-25-4)13-17(14)18(22)21-10-7-15(8-11-21)20(2)3/h5-6,13,15,19H,7-12H2,1-4H3. The quantitative estimate of drug-likeness (QED) is 0.713. The van der Waals surface area contributed by atoms with Crippen molar-refractivity contribution in [2.24, 2.45) is 0 Å². The Morgan fingerprint density at radius 1 is 1.31 bits per heavy atom. The van der Waals surface area contributed by atoms with Crippen LogP contribution in [-0.2, 0) is 14.8 Å². The van der Waals surface area contributed by atoms with Crippen LogP contribution in [0.5, 0.6) is 0 Å². The summed E-state index contributed by atoms with van der Waals surface area (Å²) in [5, 5.41) is 0. The summed E-state index contributed by atoms with van der Waals surface area (Å²) in [5.74, 6) is -0.103. The largest absolute Gasteiger partial charge is 0.383 e. The van der Waals surface area contributed by atoms with E-state index in [1.54, 1.807) is 6.07 Å². The number of piperidine rings is 1. The summed E-state index contributed by atoms with van der Waals surface area (Å²) in [7, 11) is 1.95. The molecule has 1 N–H and O–H groups in total. The van der Waals surface area contributed by atoms with E-state index in [2.05, 4.69) is 23.7 Å². The van der Waals surface area contributed by atoms with Crippen molar-refractivity contribution in [3.05, 3.63) is 29.3 Å². The minimum atomic E-state index is -3.66. The lowest BCUT2D eigenvalue weighted by Gasteiger charge is -2.35. The maximum atomic E-state index is 12.9. The number of sulfonamides is 1. The van der Waals surface area contributed by atoms with Gasteiger partial charge in [-0.05, 0) is 51.6 Å². The van der Waals surface area contributed by atoms with Crippen molar-refractivity contribution in [3.8, 4) is 0 Å². The number of methoxy groups -OCH3 is 1. The SMILES string of the molecule is COCCNS(=O)(=O)c1ccc(C)c(C(=O)N2CCC(N(C)C)CC2)c1. The molecule has 0 aliphatic carbocycles. The van der Waals surface area contributed by atoms with Crippen molar-refractivity contribution in [3.63, 3.8) is 0 Å². The number of nitrogens with one attached hydrogen (secondary N) is 1. The molecule has 0 spiro atoms. The summed E-state index contributed by atoms with van der Waals surface area (Å²) < 4.78 is 32.1. The van der Waals surface area contributed by atoms with E-state index < -0.39 is 10.0 Å². The highest BCUT2D eigenvalue weighted by Gasteiger charge is 2.26. The molecule has 1 amide bonds. The predicted octanol–water partition coefficient (Wildman–Crippen LogP) is 1.09. The van der Waals surface area contributed by atoms with E-state index in [1.165, 1.54) is 19.2 Å². The number of rotatable bonds is 7. The minimum Gasteiger partial charge on any atom is -0.383 e. The fourth-order valence-electron chi connectivity index (χ4n) is 3.12. The highest BCUT2D eigenvalue weighted by molar-refractivity contribution is 7.89. The van der Waals surface area contributed by atoms with Gasteiger partial charge >= 0.3 is 0 Å². The number of aryl methyl sites for hydroxylation is 1. The van der Waals surface area contributed by atoms with Crippen LogP contribution in [0.4, 0.5) is 0 Å². The summed E-state index contributed by atoms with van der Waals surface area (Å²) in [6.45, 7) is 3.68. The number of hydrogen-bond acceptors (Lipinski definition) is 5. The normalized spacial score (nSPS) is 16.3. The molecule has 1 aromatic carbocycles. The Bertz CT molecular complexity index is 726. The second-order valence-electron chi connectivity index (χ2n) is 6.85. The molecule has 0 aromatic heterocycles. The number of amides is 1. The van der Waals surface area contributed by atoms with Gasteiger partial charge in [-0.1, -0.05) is 6.07 Å². The van der Waals surface area contributed by atoms with E-state index in [9.17, 15) is 13.2 Å². The molecule has 2 rings (SSSR count). The number of ether oxygens (including phenoxy) is 1. The lowest BCUT2D eigenvalue weighted by atomic mass is 10.0. The number of hydrogen-bond donors (Lipinski definition) is 1. The number of likely N-dealkylation sites (tertiary alicyclic amines) is 1. The van der Waals surface area contributed by atoms with E-state index in [-0.39, 0.29) is 24.0 Å². The fraction of sp³-hybridized carbons (Fsp3) is 0.611. The Morgan fingerprint density at radius 2 is 1.96 bits per heavy atom. The van der Waals surface area contributed by atoms with Crippen LogP contribution in [0.25, 0.3) is 0 Å². The highest BCUT2D eigenvalue weighted by Crippen LogP contribution is 2.21. The van der Waals surface area contributed by atoms with Crippen molar-refractivity contribution in [2.45, 2.75) is 30.7 Å². The Morgan fingerprint density at radius 3 is 2.54 bits per heavy atom. The van der Waals surface area contributed by atoms with Crippen LogP contribution >= 0.6 is 0 Å². The van der Waals surface area contributed by atoms with Crippen LogP contribution < -0.4 is 4.72 Å². The molecule has 1 fully saturated rings. The summed E-state index contributed by atoms with van der Waals surface area (Å²) in [6, 6.07) is 5.17. The third-order valence-electron chi connectivity index (χ3n) is 4.83. The topological polar surface area (TPSA) is 78.9 Å². The summed E-state index contributed by atoms with van der Waals surface area (Å²) >= 11 is 0. The van der Waals surface area contributed by atoms with Crippen LogP contribution in [0.2, 0.25) is 0 Å². The van der Waals surface area contributed by atoms with E-state index in [4.69, 9.17) is 4.74 Å². The van der Waals surface area contributed by atoms with Gasteiger partial charge in [0.2, 0.25) is 10.0 Å². The summed E-state index contributed by atoms with van der Waals surface area (Å²) in [6.07, 6.45) is 1.85. The van der Waals surface area contributed by atoms with Crippen molar-refractivity contribution in [2.75, 3.05) is 47.4 Å². The third kappa shape index (κ3) is 5.03. The molecule has 1 heterocycles. The van der Waals surface area contributed by atoms with Gasteiger partial charge in [0.25, 0.3) is 5.91 Å². The van der Waals surface area contributed by atoms with Crippen LogP contribution in [0.1, 0.15) is 28.8 Å². The number of carbonyl (C=O) groups excluding carboxylic acids is 1. The third-order valence-corrected chi connectivity index (χ3v) is 6.29. The van der Waals surface area contributed by atoms with Crippen LogP contribution in [-0.4, -0.2) is 77.6 Å². The van der Waals surface area contributed by atoms with Crippen LogP contribution in [0.3, 0.4) is 0 Å². The monoisotopic (exact) mass is 383 g/mol. The molecule has 146 valence electrons. The maximum Gasteiger partial charge on any atom is 0.254 e. The molecule has 0 unspecified atom stereocenters. The zero-order chi connectivity index (χ0) is 19.3. The van der Waals surface area contributed by atoms with Gasteiger partial charge < -0.3 is 14.5 Å². The van der Waals surface area contributed by atoms with Gasteiger partial charge in [-0.3, -0.25) is 4.79 Å². The first-order valence-electron chi connectivity index (χ1n) is 8.81. The number of carbonyl (C=O) groups is 1. The highest BCUT2D eigenvalue weighted by atomic mass is 32.2. The zero-order valence-electron chi connectivity index (χ0n) is 16.0. The van der Waals surface area contributed by atoms with E-state index in [1.807, 2.05) is 11.8 Å². The van der Waals surface area contributed by atoms with Gasteiger partial charge in [-0.2, -0.15) is 0 Å². The molecule has 26 heavy (non-hydrogen) atoms. The molecular weight excluding hydrogens is 354 g/mol. The molecule has 0 saturated carbocycles. The molecule has 1 aromatic rings. The summed E-state index contributed by atoms with van der Waals surface area (Å²) in [4.78, 5) is 17.0. The van der Waals surface area contributed by atoms with Crippen molar-refractivity contribution in [1.82, 2.24) is 14.5 Å². The Balaban J connectivity index is 2.15. The van der Waals surface area contributed by atoms with Crippen molar-refractivity contribution in [1.29, 1.82) is 0 Å². The average Bonchev–Trinajstić information content (AvgIpc) is 2.61. The van der Waals surface area contributed by atoms with Gasteiger partial charge in [0.15, 0.2) is 0 Å². The molecule has 1 aliphatic heterocycles. The second-order valence-corrected chi connectivity index (χ2v) is 8.62.